The largest absolute Gasteiger partial charge is 0.388 e. The first-order valence-electron chi connectivity index (χ1n) is 8.64. The van der Waals surface area contributed by atoms with Gasteiger partial charge in [-0.05, 0) is 19.8 Å². The zero-order valence-electron chi connectivity index (χ0n) is 14.2. The predicted octanol–water partition coefficient (Wildman–Crippen LogP) is 4.49. The first-order valence-corrected chi connectivity index (χ1v) is 8.64. The quantitative estimate of drug-likeness (QED) is 0.337. The van der Waals surface area contributed by atoms with Gasteiger partial charge >= 0.3 is 0 Å². The van der Waals surface area contributed by atoms with E-state index in [0.29, 0.717) is 19.8 Å². The van der Waals surface area contributed by atoms with Crippen LogP contribution in [0.1, 0.15) is 71.6 Å². The van der Waals surface area contributed by atoms with Crippen LogP contribution in [-0.4, -0.2) is 37.6 Å². The Hall–Kier alpha value is -0.380. The van der Waals surface area contributed by atoms with E-state index in [1.807, 2.05) is 6.92 Å². The third kappa shape index (κ3) is 17.6. The normalized spacial score (nSPS) is 12.5. The van der Waals surface area contributed by atoms with E-state index < -0.39 is 6.10 Å². The van der Waals surface area contributed by atoms with Gasteiger partial charge in [-0.2, -0.15) is 0 Å². The van der Waals surface area contributed by atoms with Crippen LogP contribution < -0.4 is 0 Å². The molecule has 0 heterocycles. The van der Waals surface area contributed by atoms with Crippen molar-refractivity contribution in [3.05, 3.63) is 12.2 Å². The van der Waals surface area contributed by atoms with Crippen LogP contribution in [0.5, 0.6) is 0 Å². The summed E-state index contributed by atoms with van der Waals surface area (Å²) in [4.78, 5) is 0. The third-order valence-corrected chi connectivity index (χ3v) is 3.44. The molecule has 0 bridgehead atoms. The summed E-state index contributed by atoms with van der Waals surface area (Å²) in [5, 5.41) is 9.67. The highest BCUT2D eigenvalue weighted by atomic mass is 16.5. The molecule has 0 fully saturated rings. The molecule has 0 aromatic heterocycles. The first kappa shape index (κ1) is 20.6. The molecular formula is C18H36O3. The van der Waals surface area contributed by atoms with Gasteiger partial charge in [0.05, 0.1) is 19.8 Å². The van der Waals surface area contributed by atoms with E-state index in [9.17, 15) is 5.11 Å². The minimum absolute atomic E-state index is 0.352. The van der Waals surface area contributed by atoms with Gasteiger partial charge in [0.15, 0.2) is 0 Å². The molecule has 1 atom stereocenters. The van der Waals surface area contributed by atoms with Gasteiger partial charge in [-0.1, -0.05) is 57.4 Å². The monoisotopic (exact) mass is 300 g/mol. The number of rotatable bonds is 16. The van der Waals surface area contributed by atoms with Gasteiger partial charge in [0.1, 0.15) is 6.10 Å². The van der Waals surface area contributed by atoms with Gasteiger partial charge in [0.2, 0.25) is 0 Å². The molecule has 0 amide bonds. The lowest BCUT2D eigenvalue weighted by molar-refractivity contribution is -0.0188. The van der Waals surface area contributed by atoms with E-state index in [-0.39, 0.29) is 0 Å². The fourth-order valence-corrected chi connectivity index (χ4v) is 2.07. The lowest BCUT2D eigenvalue weighted by Crippen LogP contribution is -2.22. The van der Waals surface area contributed by atoms with Crippen molar-refractivity contribution in [1.82, 2.24) is 0 Å². The first-order chi connectivity index (χ1) is 10.2. The molecule has 0 aromatic carbocycles. The Labute approximate surface area is 131 Å². The summed E-state index contributed by atoms with van der Waals surface area (Å²) < 4.78 is 10.8. The molecule has 0 radical (unpaired) electrons. The number of hydrogen-bond donors (Lipinski definition) is 1. The highest BCUT2D eigenvalue weighted by Gasteiger charge is 2.04. The van der Waals surface area contributed by atoms with Gasteiger partial charge in [-0.3, -0.25) is 0 Å². The highest BCUT2D eigenvalue weighted by Crippen LogP contribution is 2.08. The van der Waals surface area contributed by atoms with Gasteiger partial charge in [0.25, 0.3) is 0 Å². The molecule has 0 saturated heterocycles. The number of hydrogen-bond acceptors (Lipinski definition) is 3. The van der Waals surface area contributed by atoms with Gasteiger partial charge < -0.3 is 14.6 Å². The van der Waals surface area contributed by atoms with E-state index in [1.54, 1.807) is 0 Å². The molecule has 3 nitrogen and oxygen atoms in total. The van der Waals surface area contributed by atoms with E-state index in [0.717, 1.165) is 25.0 Å². The lowest BCUT2D eigenvalue weighted by atomic mass is 10.1. The Balaban J connectivity index is 3.14. The van der Waals surface area contributed by atoms with Crippen LogP contribution in [0.3, 0.4) is 0 Å². The molecule has 0 aliphatic rings. The van der Waals surface area contributed by atoms with Crippen LogP contribution in [0.15, 0.2) is 12.2 Å². The summed E-state index contributed by atoms with van der Waals surface area (Å²) in [6.45, 7) is 10.1. The molecule has 1 unspecified atom stereocenters. The molecule has 1 N–H and O–H groups in total. The third-order valence-electron chi connectivity index (χ3n) is 3.44. The second-order valence-corrected chi connectivity index (χ2v) is 5.99. The van der Waals surface area contributed by atoms with Crippen molar-refractivity contribution in [1.29, 1.82) is 0 Å². The molecular weight excluding hydrogens is 264 g/mol. The van der Waals surface area contributed by atoms with Crippen molar-refractivity contribution in [2.75, 3.05) is 26.4 Å². The predicted molar refractivity (Wildman–Crippen MR) is 89.7 cm³/mol. The van der Waals surface area contributed by atoms with Crippen molar-refractivity contribution in [2.45, 2.75) is 77.7 Å². The van der Waals surface area contributed by atoms with E-state index >= 15 is 0 Å². The number of aliphatic hydroxyl groups excluding tert-OH is 1. The van der Waals surface area contributed by atoms with E-state index in [1.165, 1.54) is 44.9 Å². The number of unbranched alkanes of at least 4 members (excludes halogenated alkanes) is 7. The Kier molecular flexibility index (Phi) is 15.7. The zero-order chi connectivity index (χ0) is 15.8. The molecule has 0 saturated carbocycles. The molecule has 0 aromatic rings. The van der Waals surface area contributed by atoms with E-state index in [4.69, 9.17) is 9.47 Å². The van der Waals surface area contributed by atoms with Crippen LogP contribution in [0.2, 0.25) is 0 Å². The molecule has 0 rings (SSSR count). The second kappa shape index (κ2) is 16.0. The molecule has 0 aliphatic carbocycles. The standard InChI is InChI=1S/C18H36O3/c1-4-5-6-7-8-9-10-11-13-20-15-18(19)16-21-14-12-17(2)3/h18-19H,2,4-16H2,1,3H3. The topological polar surface area (TPSA) is 38.7 Å². The van der Waals surface area contributed by atoms with Crippen LogP contribution in [0.4, 0.5) is 0 Å². The van der Waals surface area contributed by atoms with Crippen molar-refractivity contribution in [2.24, 2.45) is 0 Å². The summed E-state index contributed by atoms with van der Waals surface area (Å²) in [6, 6.07) is 0. The summed E-state index contributed by atoms with van der Waals surface area (Å²) in [6.07, 6.45) is 10.8. The van der Waals surface area contributed by atoms with Gasteiger partial charge in [-0.25, -0.2) is 0 Å². The molecule has 126 valence electrons. The zero-order valence-corrected chi connectivity index (χ0v) is 14.2. The summed E-state index contributed by atoms with van der Waals surface area (Å²) in [7, 11) is 0. The molecule has 0 spiro atoms. The Morgan fingerprint density at radius 3 is 2.00 bits per heavy atom. The maximum Gasteiger partial charge on any atom is 0.101 e. The van der Waals surface area contributed by atoms with Crippen molar-refractivity contribution in [3.63, 3.8) is 0 Å². The molecule has 3 heteroatoms. The van der Waals surface area contributed by atoms with Crippen LogP contribution in [0.25, 0.3) is 0 Å². The van der Waals surface area contributed by atoms with Gasteiger partial charge in [0, 0.05) is 6.61 Å². The van der Waals surface area contributed by atoms with Crippen molar-refractivity contribution < 1.29 is 14.6 Å². The number of ether oxygens (including phenoxy) is 2. The highest BCUT2D eigenvalue weighted by molar-refractivity contribution is 4.87. The lowest BCUT2D eigenvalue weighted by Gasteiger charge is -2.12. The second-order valence-electron chi connectivity index (χ2n) is 5.99. The van der Waals surface area contributed by atoms with Gasteiger partial charge in [-0.15, -0.1) is 6.58 Å². The SMILES string of the molecule is C=C(C)CCOCC(O)COCCCCCCCCCC. The van der Waals surface area contributed by atoms with E-state index in [2.05, 4.69) is 13.5 Å². The maximum atomic E-state index is 9.67. The maximum absolute atomic E-state index is 9.67. The summed E-state index contributed by atoms with van der Waals surface area (Å²) in [5.74, 6) is 0. The Morgan fingerprint density at radius 2 is 1.43 bits per heavy atom. The Bertz CT molecular complexity index is 229. The van der Waals surface area contributed by atoms with Crippen molar-refractivity contribution >= 4 is 0 Å². The molecule has 0 aliphatic heterocycles. The van der Waals surface area contributed by atoms with Crippen LogP contribution in [0, 0.1) is 0 Å². The van der Waals surface area contributed by atoms with Crippen LogP contribution >= 0.6 is 0 Å². The molecule has 21 heavy (non-hydrogen) atoms. The fourth-order valence-electron chi connectivity index (χ4n) is 2.07. The number of aliphatic hydroxyl groups is 1. The Morgan fingerprint density at radius 1 is 0.905 bits per heavy atom. The van der Waals surface area contributed by atoms with Crippen LogP contribution in [-0.2, 0) is 9.47 Å². The smallest absolute Gasteiger partial charge is 0.101 e. The minimum Gasteiger partial charge on any atom is -0.388 e. The average Bonchev–Trinajstić information content (AvgIpc) is 2.45. The fraction of sp³-hybridized carbons (Fsp3) is 0.889. The average molecular weight is 300 g/mol. The van der Waals surface area contributed by atoms with Crippen molar-refractivity contribution in [3.8, 4) is 0 Å². The summed E-state index contributed by atoms with van der Waals surface area (Å²) in [5.41, 5.74) is 1.11. The summed E-state index contributed by atoms with van der Waals surface area (Å²) >= 11 is 0. The minimum atomic E-state index is -0.510.